The molecule has 0 heterocycles. The summed E-state index contributed by atoms with van der Waals surface area (Å²) in [4.78, 5) is 0. The lowest BCUT2D eigenvalue weighted by molar-refractivity contribution is 0.306. The molecule has 2 rings (SSSR count). The molecule has 0 aliphatic heterocycles. The fourth-order valence-corrected chi connectivity index (χ4v) is 2.13. The van der Waals surface area contributed by atoms with Gasteiger partial charge in [0, 0.05) is 6.04 Å². The van der Waals surface area contributed by atoms with E-state index in [4.69, 9.17) is 4.74 Å². The largest absolute Gasteiger partial charge is 0.493 e. The number of ether oxygens (including phenoxy) is 1. The van der Waals surface area contributed by atoms with E-state index in [1.807, 2.05) is 0 Å². The lowest BCUT2D eigenvalue weighted by atomic mass is 9.86. The van der Waals surface area contributed by atoms with Gasteiger partial charge in [-0.2, -0.15) is 0 Å². The van der Waals surface area contributed by atoms with E-state index in [-0.39, 0.29) is 5.41 Å². The Bertz CT molecular complexity index is 416. The molecule has 19 heavy (non-hydrogen) atoms. The maximum absolute atomic E-state index is 5.87. The van der Waals surface area contributed by atoms with Gasteiger partial charge in [-0.25, -0.2) is 0 Å². The Hall–Kier alpha value is -1.02. The molecule has 2 nitrogen and oxygen atoms in total. The number of hydrogen-bond donors (Lipinski definition) is 1. The lowest BCUT2D eigenvalue weighted by Crippen LogP contribution is -2.19. The molecule has 1 saturated carbocycles. The van der Waals surface area contributed by atoms with Gasteiger partial charge in [0.2, 0.25) is 0 Å². The first-order chi connectivity index (χ1) is 8.97. The van der Waals surface area contributed by atoms with Crippen LogP contribution in [0.3, 0.4) is 0 Å². The van der Waals surface area contributed by atoms with Gasteiger partial charge in [-0.1, -0.05) is 32.9 Å². The summed E-state index contributed by atoms with van der Waals surface area (Å²) in [6.07, 6.45) is 3.79. The lowest BCUT2D eigenvalue weighted by Gasteiger charge is -2.20. The van der Waals surface area contributed by atoms with E-state index in [0.29, 0.717) is 0 Å². The molecule has 1 aromatic rings. The van der Waals surface area contributed by atoms with Crippen molar-refractivity contribution in [2.75, 3.05) is 13.2 Å². The van der Waals surface area contributed by atoms with Crippen LogP contribution in [0.1, 0.15) is 51.2 Å². The van der Waals surface area contributed by atoms with Crippen LogP contribution in [0.2, 0.25) is 0 Å². The maximum atomic E-state index is 5.87. The molecule has 0 amide bonds. The molecule has 0 unspecified atom stereocenters. The third-order valence-corrected chi connectivity index (χ3v) is 3.63. The molecule has 0 atom stereocenters. The molecule has 106 valence electrons. The van der Waals surface area contributed by atoms with Crippen LogP contribution in [0.15, 0.2) is 18.2 Å². The Kier molecular flexibility index (Phi) is 4.51. The summed E-state index contributed by atoms with van der Waals surface area (Å²) in [6.45, 7) is 10.7. The zero-order valence-electron chi connectivity index (χ0n) is 12.8. The Balaban J connectivity index is 1.79. The topological polar surface area (TPSA) is 21.3 Å². The van der Waals surface area contributed by atoms with Gasteiger partial charge in [0.05, 0.1) is 6.61 Å². The van der Waals surface area contributed by atoms with Crippen LogP contribution in [0.5, 0.6) is 5.75 Å². The fraction of sp³-hybridized carbons (Fsp3) is 0.647. The fourth-order valence-electron chi connectivity index (χ4n) is 2.13. The van der Waals surface area contributed by atoms with Crippen LogP contribution in [0.25, 0.3) is 0 Å². The number of benzene rings is 1. The molecular formula is C17H27NO. The van der Waals surface area contributed by atoms with Gasteiger partial charge in [-0.05, 0) is 55.3 Å². The van der Waals surface area contributed by atoms with Crippen LogP contribution < -0.4 is 10.1 Å². The molecule has 0 radical (unpaired) electrons. The second kappa shape index (κ2) is 5.96. The Morgan fingerprint density at radius 2 is 2.00 bits per heavy atom. The van der Waals surface area contributed by atoms with E-state index < -0.39 is 0 Å². The van der Waals surface area contributed by atoms with E-state index >= 15 is 0 Å². The van der Waals surface area contributed by atoms with E-state index in [1.54, 1.807) is 0 Å². The van der Waals surface area contributed by atoms with E-state index in [2.05, 4.69) is 51.2 Å². The van der Waals surface area contributed by atoms with E-state index in [0.717, 1.165) is 31.4 Å². The second-order valence-electron chi connectivity index (χ2n) is 6.66. The zero-order chi connectivity index (χ0) is 13.9. The van der Waals surface area contributed by atoms with Gasteiger partial charge < -0.3 is 10.1 Å². The highest BCUT2D eigenvalue weighted by Gasteiger charge is 2.19. The van der Waals surface area contributed by atoms with Crippen LogP contribution in [0, 0.1) is 6.92 Å². The Morgan fingerprint density at radius 3 is 2.58 bits per heavy atom. The minimum absolute atomic E-state index is 0.206. The van der Waals surface area contributed by atoms with Gasteiger partial charge in [0.15, 0.2) is 0 Å². The monoisotopic (exact) mass is 261 g/mol. The highest BCUT2D eigenvalue weighted by molar-refractivity contribution is 5.38. The second-order valence-corrected chi connectivity index (χ2v) is 6.66. The maximum Gasteiger partial charge on any atom is 0.122 e. The average Bonchev–Trinajstić information content (AvgIpc) is 3.13. The van der Waals surface area contributed by atoms with Crippen LogP contribution in [-0.2, 0) is 5.41 Å². The van der Waals surface area contributed by atoms with E-state index in [1.165, 1.54) is 24.0 Å². The third kappa shape index (κ3) is 4.54. The standard InChI is InChI=1S/C17H27NO/c1-13-12-14(17(2,3)4)6-9-16(13)19-11-5-10-18-15-7-8-15/h6,9,12,15,18H,5,7-8,10-11H2,1-4H3. The zero-order valence-corrected chi connectivity index (χ0v) is 12.8. The smallest absolute Gasteiger partial charge is 0.122 e. The van der Waals surface area contributed by atoms with Gasteiger partial charge in [-0.15, -0.1) is 0 Å². The molecule has 0 aromatic heterocycles. The molecule has 0 bridgehead atoms. The molecule has 1 aliphatic rings. The number of aryl methyl sites for hydroxylation is 1. The van der Waals surface area contributed by atoms with Crippen molar-refractivity contribution in [1.29, 1.82) is 0 Å². The molecule has 2 heteroatoms. The molecule has 1 aromatic carbocycles. The van der Waals surface area contributed by atoms with Crippen molar-refractivity contribution < 1.29 is 4.74 Å². The minimum atomic E-state index is 0.206. The molecule has 1 fully saturated rings. The van der Waals surface area contributed by atoms with Gasteiger partial charge in [-0.3, -0.25) is 0 Å². The minimum Gasteiger partial charge on any atom is -0.493 e. The summed E-state index contributed by atoms with van der Waals surface area (Å²) in [5.41, 5.74) is 2.81. The normalized spacial score (nSPS) is 15.6. The van der Waals surface area contributed by atoms with Crippen molar-refractivity contribution in [3.05, 3.63) is 29.3 Å². The molecule has 0 saturated heterocycles. The summed E-state index contributed by atoms with van der Waals surface area (Å²) in [5.74, 6) is 1.03. The predicted octanol–water partition coefficient (Wildman–Crippen LogP) is 3.81. The average molecular weight is 261 g/mol. The predicted molar refractivity (Wildman–Crippen MR) is 81.0 cm³/mol. The van der Waals surface area contributed by atoms with Gasteiger partial charge in [0.25, 0.3) is 0 Å². The quantitative estimate of drug-likeness (QED) is 0.786. The first-order valence-corrected chi connectivity index (χ1v) is 7.44. The Labute approximate surface area is 117 Å². The van der Waals surface area contributed by atoms with Crippen LogP contribution in [-0.4, -0.2) is 19.2 Å². The Morgan fingerprint density at radius 1 is 1.26 bits per heavy atom. The first kappa shape index (κ1) is 14.4. The summed E-state index contributed by atoms with van der Waals surface area (Å²) in [7, 11) is 0. The molecular weight excluding hydrogens is 234 g/mol. The summed E-state index contributed by atoms with van der Waals surface area (Å²) in [6, 6.07) is 7.35. The van der Waals surface area contributed by atoms with Crippen molar-refractivity contribution in [1.82, 2.24) is 5.32 Å². The van der Waals surface area contributed by atoms with Crippen molar-refractivity contribution in [3.63, 3.8) is 0 Å². The number of nitrogens with one attached hydrogen (secondary N) is 1. The van der Waals surface area contributed by atoms with Crippen molar-refractivity contribution in [2.45, 2.75) is 58.4 Å². The summed E-state index contributed by atoms with van der Waals surface area (Å²) in [5, 5.41) is 3.51. The number of hydrogen-bond acceptors (Lipinski definition) is 2. The summed E-state index contributed by atoms with van der Waals surface area (Å²) >= 11 is 0. The van der Waals surface area contributed by atoms with Crippen molar-refractivity contribution in [3.8, 4) is 5.75 Å². The highest BCUT2D eigenvalue weighted by atomic mass is 16.5. The first-order valence-electron chi connectivity index (χ1n) is 7.44. The molecule has 1 N–H and O–H groups in total. The van der Waals surface area contributed by atoms with Crippen LogP contribution >= 0.6 is 0 Å². The SMILES string of the molecule is Cc1cc(C(C)(C)C)ccc1OCCCNC1CC1. The van der Waals surface area contributed by atoms with Gasteiger partial charge in [0.1, 0.15) is 5.75 Å². The van der Waals surface area contributed by atoms with Crippen molar-refractivity contribution >= 4 is 0 Å². The summed E-state index contributed by atoms with van der Waals surface area (Å²) < 4.78 is 5.87. The van der Waals surface area contributed by atoms with Crippen LogP contribution in [0.4, 0.5) is 0 Å². The van der Waals surface area contributed by atoms with E-state index in [9.17, 15) is 0 Å². The number of rotatable bonds is 6. The molecule has 1 aliphatic carbocycles. The molecule has 0 spiro atoms. The third-order valence-electron chi connectivity index (χ3n) is 3.63. The van der Waals surface area contributed by atoms with Gasteiger partial charge >= 0.3 is 0 Å². The highest BCUT2D eigenvalue weighted by Crippen LogP contribution is 2.27. The van der Waals surface area contributed by atoms with Crippen molar-refractivity contribution in [2.24, 2.45) is 0 Å².